The summed E-state index contributed by atoms with van der Waals surface area (Å²) in [6.45, 7) is 4.45. The Morgan fingerprint density at radius 1 is 1.56 bits per heavy atom. The highest BCUT2D eigenvalue weighted by Crippen LogP contribution is 2.18. The first-order valence-corrected chi connectivity index (χ1v) is 6.35. The van der Waals surface area contributed by atoms with Crippen LogP contribution in [0.1, 0.15) is 33.1 Å². The Kier molecular flexibility index (Phi) is 5.40. The number of carboxylic acid groups (broad SMARTS) is 1. The Bertz CT molecular complexity index is 308. The van der Waals surface area contributed by atoms with E-state index in [0.29, 0.717) is 19.4 Å². The molecule has 1 aliphatic heterocycles. The van der Waals surface area contributed by atoms with E-state index >= 15 is 0 Å². The van der Waals surface area contributed by atoms with Gasteiger partial charge >= 0.3 is 12.0 Å². The molecular formula is C12H22N2O4. The van der Waals surface area contributed by atoms with Crippen molar-refractivity contribution in [2.45, 2.75) is 51.3 Å². The first-order valence-electron chi connectivity index (χ1n) is 6.35. The van der Waals surface area contributed by atoms with Gasteiger partial charge in [-0.3, -0.25) is 0 Å². The lowest BCUT2D eigenvalue weighted by Gasteiger charge is -2.28. The van der Waals surface area contributed by atoms with Gasteiger partial charge in [0.25, 0.3) is 0 Å². The topological polar surface area (TPSA) is 78.9 Å². The van der Waals surface area contributed by atoms with E-state index in [9.17, 15) is 9.59 Å². The second-order valence-corrected chi connectivity index (χ2v) is 4.67. The minimum atomic E-state index is -0.991. The van der Waals surface area contributed by atoms with E-state index in [-0.39, 0.29) is 18.2 Å². The van der Waals surface area contributed by atoms with Crippen molar-refractivity contribution in [2.75, 3.05) is 13.7 Å². The molecule has 1 heterocycles. The van der Waals surface area contributed by atoms with Crippen molar-refractivity contribution in [1.82, 2.24) is 10.2 Å². The van der Waals surface area contributed by atoms with E-state index in [2.05, 4.69) is 5.32 Å². The van der Waals surface area contributed by atoms with Crippen molar-refractivity contribution < 1.29 is 19.4 Å². The summed E-state index contributed by atoms with van der Waals surface area (Å²) < 4.78 is 5.40. The van der Waals surface area contributed by atoms with E-state index in [1.165, 1.54) is 0 Å². The van der Waals surface area contributed by atoms with Crippen LogP contribution in [-0.4, -0.2) is 53.8 Å². The quantitative estimate of drug-likeness (QED) is 0.772. The predicted molar refractivity (Wildman–Crippen MR) is 66.4 cm³/mol. The second kappa shape index (κ2) is 6.58. The van der Waals surface area contributed by atoms with E-state index < -0.39 is 12.0 Å². The van der Waals surface area contributed by atoms with Crippen LogP contribution in [0.2, 0.25) is 0 Å². The zero-order chi connectivity index (χ0) is 13.7. The van der Waals surface area contributed by atoms with Gasteiger partial charge in [-0.05, 0) is 19.8 Å². The number of carbonyl (C=O) groups is 2. The average molecular weight is 258 g/mol. The third-order valence-electron chi connectivity index (χ3n) is 3.33. The van der Waals surface area contributed by atoms with Crippen LogP contribution in [0.5, 0.6) is 0 Å². The monoisotopic (exact) mass is 258 g/mol. The molecule has 104 valence electrons. The molecule has 2 N–H and O–H groups in total. The Balaban J connectivity index is 2.55. The maximum absolute atomic E-state index is 12.0. The highest BCUT2D eigenvalue weighted by molar-refractivity contribution is 5.82. The van der Waals surface area contributed by atoms with Gasteiger partial charge in [0.15, 0.2) is 0 Å². The van der Waals surface area contributed by atoms with Gasteiger partial charge in [0.05, 0.1) is 12.1 Å². The van der Waals surface area contributed by atoms with Gasteiger partial charge in [-0.1, -0.05) is 13.3 Å². The van der Waals surface area contributed by atoms with E-state index in [4.69, 9.17) is 9.84 Å². The van der Waals surface area contributed by atoms with E-state index in [1.807, 2.05) is 13.8 Å². The van der Waals surface area contributed by atoms with Gasteiger partial charge in [0.1, 0.15) is 6.04 Å². The second-order valence-electron chi connectivity index (χ2n) is 4.67. The zero-order valence-corrected chi connectivity index (χ0v) is 11.2. The van der Waals surface area contributed by atoms with Crippen LogP contribution in [-0.2, 0) is 9.53 Å². The SMILES string of the molecule is CCCC(NC(=O)N(C)C1CCOC1C)C(=O)O. The highest BCUT2D eigenvalue weighted by atomic mass is 16.5. The third kappa shape index (κ3) is 3.60. The average Bonchev–Trinajstić information content (AvgIpc) is 2.73. The Morgan fingerprint density at radius 2 is 2.22 bits per heavy atom. The molecule has 2 amide bonds. The summed E-state index contributed by atoms with van der Waals surface area (Å²) in [5, 5.41) is 11.5. The number of hydrogen-bond donors (Lipinski definition) is 2. The van der Waals surface area contributed by atoms with Crippen LogP contribution in [0.4, 0.5) is 4.79 Å². The van der Waals surface area contributed by atoms with Gasteiger partial charge in [-0.25, -0.2) is 9.59 Å². The molecule has 0 aromatic heterocycles. The third-order valence-corrected chi connectivity index (χ3v) is 3.33. The molecule has 6 heteroatoms. The molecule has 0 aliphatic carbocycles. The number of rotatable bonds is 5. The lowest BCUT2D eigenvalue weighted by atomic mass is 10.1. The molecule has 0 radical (unpaired) electrons. The number of amides is 2. The van der Waals surface area contributed by atoms with E-state index in [1.54, 1.807) is 11.9 Å². The molecule has 0 aromatic rings. The van der Waals surface area contributed by atoms with Crippen LogP contribution >= 0.6 is 0 Å². The molecule has 0 aromatic carbocycles. The number of carboxylic acids is 1. The fourth-order valence-corrected chi connectivity index (χ4v) is 2.18. The first kappa shape index (κ1) is 14.8. The fourth-order valence-electron chi connectivity index (χ4n) is 2.18. The zero-order valence-electron chi connectivity index (χ0n) is 11.2. The minimum Gasteiger partial charge on any atom is -0.480 e. The van der Waals surface area contributed by atoms with Crippen molar-refractivity contribution in [3.05, 3.63) is 0 Å². The summed E-state index contributed by atoms with van der Waals surface area (Å²) in [4.78, 5) is 24.5. The number of nitrogens with one attached hydrogen (secondary N) is 1. The van der Waals surface area contributed by atoms with Gasteiger partial charge in [-0.2, -0.15) is 0 Å². The van der Waals surface area contributed by atoms with Crippen molar-refractivity contribution in [1.29, 1.82) is 0 Å². The maximum Gasteiger partial charge on any atom is 0.326 e. The minimum absolute atomic E-state index is 0.00444. The molecular weight excluding hydrogens is 236 g/mol. The number of ether oxygens (including phenoxy) is 1. The van der Waals surface area contributed by atoms with Crippen LogP contribution in [0.3, 0.4) is 0 Å². The summed E-state index contributed by atoms with van der Waals surface area (Å²) in [7, 11) is 1.68. The van der Waals surface area contributed by atoms with Crippen LogP contribution in [0.15, 0.2) is 0 Å². The number of likely N-dealkylation sites (N-methyl/N-ethyl adjacent to an activating group) is 1. The number of nitrogens with zero attached hydrogens (tertiary/aromatic N) is 1. The molecule has 3 atom stereocenters. The summed E-state index contributed by atoms with van der Waals surface area (Å²) in [5.74, 6) is -0.991. The molecule has 0 bridgehead atoms. The number of carbonyl (C=O) groups excluding carboxylic acids is 1. The highest BCUT2D eigenvalue weighted by Gasteiger charge is 2.32. The van der Waals surface area contributed by atoms with E-state index in [0.717, 1.165) is 6.42 Å². The van der Waals surface area contributed by atoms with Gasteiger partial charge < -0.3 is 20.1 Å². The van der Waals surface area contributed by atoms with Crippen molar-refractivity contribution >= 4 is 12.0 Å². The predicted octanol–water partition coefficient (Wildman–Crippen LogP) is 1.06. The van der Waals surface area contributed by atoms with Gasteiger partial charge in [0, 0.05) is 13.7 Å². The Labute approximate surface area is 107 Å². The molecule has 3 unspecified atom stereocenters. The fraction of sp³-hybridized carbons (Fsp3) is 0.833. The summed E-state index contributed by atoms with van der Waals surface area (Å²) in [5.41, 5.74) is 0. The van der Waals surface area contributed by atoms with Gasteiger partial charge in [-0.15, -0.1) is 0 Å². The summed E-state index contributed by atoms with van der Waals surface area (Å²) in [6.07, 6.45) is 1.93. The number of hydrogen-bond acceptors (Lipinski definition) is 3. The molecule has 0 spiro atoms. The smallest absolute Gasteiger partial charge is 0.326 e. The summed E-state index contributed by atoms with van der Waals surface area (Å²) in [6, 6.07) is -1.15. The van der Waals surface area contributed by atoms with Crippen LogP contribution in [0.25, 0.3) is 0 Å². The lowest BCUT2D eigenvalue weighted by molar-refractivity contribution is -0.139. The molecule has 1 saturated heterocycles. The normalized spacial score (nSPS) is 24.6. The Morgan fingerprint density at radius 3 is 2.67 bits per heavy atom. The van der Waals surface area contributed by atoms with Crippen molar-refractivity contribution in [3.8, 4) is 0 Å². The van der Waals surface area contributed by atoms with Crippen molar-refractivity contribution in [2.24, 2.45) is 0 Å². The Hall–Kier alpha value is -1.30. The molecule has 0 saturated carbocycles. The molecule has 18 heavy (non-hydrogen) atoms. The summed E-state index contributed by atoms with van der Waals surface area (Å²) >= 11 is 0. The lowest BCUT2D eigenvalue weighted by Crippen LogP contribution is -2.51. The number of urea groups is 1. The first-order chi connectivity index (χ1) is 8.47. The van der Waals surface area contributed by atoms with Crippen molar-refractivity contribution in [3.63, 3.8) is 0 Å². The molecule has 1 rings (SSSR count). The number of aliphatic carboxylic acids is 1. The van der Waals surface area contributed by atoms with Crippen LogP contribution < -0.4 is 5.32 Å². The van der Waals surface area contributed by atoms with Crippen LogP contribution in [0, 0.1) is 0 Å². The largest absolute Gasteiger partial charge is 0.480 e. The standard InChI is InChI=1S/C12H22N2O4/c1-4-5-9(11(15)16)13-12(17)14(3)10-6-7-18-8(10)2/h8-10H,4-7H2,1-3H3,(H,13,17)(H,15,16). The molecule has 1 fully saturated rings. The van der Waals surface area contributed by atoms with Gasteiger partial charge in [0.2, 0.25) is 0 Å². The molecule has 6 nitrogen and oxygen atoms in total. The maximum atomic E-state index is 12.0. The molecule has 1 aliphatic rings.